The van der Waals surface area contributed by atoms with Crippen LogP contribution in [0.1, 0.15) is 48.0 Å². The average molecular weight is 357 g/mol. The first kappa shape index (κ1) is 19.3. The first-order valence-corrected chi connectivity index (χ1v) is 8.29. The van der Waals surface area contributed by atoms with Crippen molar-refractivity contribution in [3.05, 3.63) is 35.4 Å². The molecule has 0 radical (unpaired) electrons. The van der Waals surface area contributed by atoms with Crippen molar-refractivity contribution in [1.82, 2.24) is 4.90 Å². The van der Waals surface area contributed by atoms with Gasteiger partial charge in [-0.3, -0.25) is 4.79 Å². The maximum absolute atomic E-state index is 12.7. The van der Waals surface area contributed by atoms with E-state index in [1.54, 1.807) is 19.2 Å². The predicted molar refractivity (Wildman–Crippen MR) is 86.0 cm³/mol. The molecule has 1 fully saturated rings. The zero-order valence-corrected chi connectivity index (χ0v) is 14.1. The Morgan fingerprint density at radius 1 is 1.12 bits per heavy atom. The standard InChI is InChI=1S/C18H22F3NO3/c1-22(11-13-2-6-14(7-3-13)17(24)25)16(23)10-12-4-8-15(9-5-12)18(19,20)21/h2-3,6-7,12,15H,4-5,8-11H2,1H3,(H,24,25). The maximum atomic E-state index is 12.7. The van der Waals surface area contributed by atoms with Crippen molar-refractivity contribution in [2.45, 2.75) is 44.8 Å². The van der Waals surface area contributed by atoms with E-state index in [9.17, 15) is 22.8 Å². The summed E-state index contributed by atoms with van der Waals surface area (Å²) in [7, 11) is 1.65. The maximum Gasteiger partial charge on any atom is 0.391 e. The summed E-state index contributed by atoms with van der Waals surface area (Å²) in [6, 6.07) is 6.27. The second-order valence-electron chi connectivity index (χ2n) is 6.72. The minimum absolute atomic E-state index is 0.00272. The molecule has 1 aliphatic carbocycles. The van der Waals surface area contributed by atoms with Crippen LogP contribution >= 0.6 is 0 Å². The summed E-state index contributed by atoms with van der Waals surface area (Å²) in [4.78, 5) is 24.6. The lowest BCUT2D eigenvalue weighted by atomic mass is 9.80. The number of nitrogens with zero attached hydrogens (tertiary/aromatic N) is 1. The topological polar surface area (TPSA) is 57.6 Å². The summed E-state index contributed by atoms with van der Waals surface area (Å²) in [6.07, 6.45) is -2.82. The molecule has 4 nitrogen and oxygen atoms in total. The van der Waals surface area contributed by atoms with Crippen LogP contribution in [0.2, 0.25) is 0 Å². The number of hydrogen-bond acceptors (Lipinski definition) is 2. The van der Waals surface area contributed by atoms with Gasteiger partial charge in [0.2, 0.25) is 5.91 Å². The Morgan fingerprint density at radius 2 is 1.68 bits per heavy atom. The van der Waals surface area contributed by atoms with Gasteiger partial charge in [-0.05, 0) is 49.3 Å². The fourth-order valence-electron chi connectivity index (χ4n) is 3.21. The second kappa shape index (κ2) is 7.89. The zero-order chi connectivity index (χ0) is 18.6. The van der Waals surface area contributed by atoms with Gasteiger partial charge in [0.15, 0.2) is 0 Å². The number of carbonyl (C=O) groups excluding carboxylic acids is 1. The Kier molecular flexibility index (Phi) is 6.08. The number of benzene rings is 1. The van der Waals surface area contributed by atoms with Gasteiger partial charge in [0, 0.05) is 20.0 Å². The smallest absolute Gasteiger partial charge is 0.391 e. The molecule has 138 valence electrons. The molecule has 7 heteroatoms. The first-order valence-electron chi connectivity index (χ1n) is 8.29. The number of rotatable bonds is 5. The zero-order valence-electron chi connectivity index (χ0n) is 14.1. The molecule has 1 aromatic rings. The number of alkyl halides is 3. The molecule has 0 atom stereocenters. The predicted octanol–water partition coefficient (Wildman–Crippen LogP) is 4.10. The molecule has 1 saturated carbocycles. The van der Waals surface area contributed by atoms with Crippen LogP contribution in [0, 0.1) is 11.8 Å². The highest BCUT2D eigenvalue weighted by molar-refractivity contribution is 5.87. The van der Waals surface area contributed by atoms with E-state index in [0.29, 0.717) is 19.4 Å². The molecule has 2 rings (SSSR count). The van der Waals surface area contributed by atoms with E-state index in [0.717, 1.165) is 5.56 Å². The lowest BCUT2D eigenvalue weighted by molar-refractivity contribution is -0.184. The Balaban J connectivity index is 1.81. The van der Waals surface area contributed by atoms with Crippen LogP contribution in [0.15, 0.2) is 24.3 Å². The van der Waals surface area contributed by atoms with Crippen LogP contribution in [0.4, 0.5) is 13.2 Å². The lowest BCUT2D eigenvalue weighted by Gasteiger charge is -2.30. The Labute approximate surface area is 144 Å². The van der Waals surface area contributed by atoms with E-state index < -0.39 is 18.1 Å². The summed E-state index contributed by atoms with van der Waals surface area (Å²) in [5.41, 5.74) is 0.987. The highest BCUT2D eigenvalue weighted by Crippen LogP contribution is 2.40. The molecule has 1 N–H and O–H groups in total. The van der Waals surface area contributed by atoms with E-state index in [1.807, 2.05) is 0 Å². The van der Waals surface area contributed by atoms with Crippen LogP contribution in [0.25, 0.3) is 0 Å². The first-order chi connectivity index (χ1) is 11.7. The van der Waals surface area contributed by atoms with Crippen LogP contribution < -0.4 is 0 Å². The van der Waals surface area contributed by atoms with Crippen LogP contribution in [0.5, 0.6) is 0 Å². The average Bonchev–Trinajstić information content (AvgIpc) is 2.55. The Hall–Kier alpha value is -2.05. The second-order valence-corrected chi connectivity index (χ2v) is 6.72. The number of amides is 1. The quantitative estimate of drug-likeness (QED) is 0.863. The van der Waals surface area contributed by atoms with Gasteiger partial charge in [-0.15, -0.1) is 0 Å². The van der Waals surface area contributed by atoms with Crippen molar-refractivity contribution in [2.24, 2.45) is 11.8 Å². The molecule has 1 aliphatic rings. The normalized spacial score (nSPS) is 21.0. The van der Waals surface area contributed by atoms with Gasteiger partial charge >= 0.3 is 12.1 Å². The Bertz CT molecular complexity index is 605. The molecule has 0 spiro atoms. The molecule has 0 aromatic heterocycles. The molecule has 0 bridgehead atoms. The molecular formula is C18H22F3NO3. The minimum Gasteiger partial charge on any atom is -0.478 e. The number of hydrogen-bond donors (Lipinski definition) is 1. The van der Waals surface area contributed by atoms with Gasteiger partial charge in [-0.1, -0.05) is 12.1 Å². The van der Waals surface area contributed by atoms with Crippen molar-refractivity contribution in [1.29, 1.82) is 0 Å². The third kappa shape index (κ3) is 5.47. The Morgan fingerprint density at radius 3 is 2.16 bits per heavy atom. The third-order valence-corrected chi connectivity index (χ3v) is 4.82. The summed E-state index contributed by atoms with van der Waals surface area (Å²) < 4.78 is 38.0. The van der Waals surface area contributed by atoms with Gasteiger partial charge in [-0.2, -0.15) is 13.2 Å². The van der Waals surface area contributed by atoms with E-state index in [2.05, 4.69) is 0 Å². The van der Waals surface area contributed by atoms with Gasteiger partial charge in [0.25, 0.3) is 0 Å². The summed E-state index contributed by atoms with van der Waals surface area (Å²) in [5.74, 6) is -2.34. The molecule has 25 heavy (non-hydrogen) atoms. The van der Waals surface area contributed by atoms with E-state index in [1.165, 1.54) is 17.0 Å². The number of carboxylic acid groups (broad SMARTS) is 1. The number of halogens is 3. The largest absolute Gasteiger partial charge is 0.478 e. The van der Waals surface area contributed by atoms with Crippen LogP contribution in [-0.4, -0.2) is 35.1 Å². The fraction of sp³-hybridized carbons (Fsp3) is 0.556. The van der Waals surface area contributed by atoms with Gasteiger partial charge < -0.3 is 10.0 Å². The van der Waals surface area contributed by atoms with Crippen LogP contribution in [-0.2, 0) is 11.3 Å². The summed E-state index contributed by atoms with van der Waals surface area (Å²) in [6.45, 7) is 0.344. The fourth-order valence-corrected chi connectivity index (χ4v) is 3.21. The van der Waals surface area contributed by atoms with E-state index >= 15 is 0 Å². The molecule has 0 unspecified atom stereocenters. The SMILES string of the molecule is CN(Cc1ccc(C(=O)O)cc1)C(=O)CC1CCC(C(F)(F)F)CC1. The van der Waals surface area contributed by atoms with Gasteiger partial charge in [-0.25, -0.2) is 4.79 Å². The highest BCUT2D eigenvalue weighted by Gasteiger charge is 2.41. The van der Waals surface area contributed by atoms with E-state index in [-0.39, 0.29) is 36.7 Å². The summed E-state index contributed by atoms with van der Waals surface area (Å²) >= 11 is 0. The molecular weight excluding hydrogens is 335 g/mol. The molecule has 0 heterocycles. The lowest BCUT2D eigenvalue weighted by Crippen LogP contribution is -2.31. The third-order valence-electron chi connectivity index (χ3n) is 4.82. The monoisotopic (exact) mass is 357 g/mol. The minimum atomic E-state index is -4.13. The number of carboxylic acids is 1. The number of aromatic carboxylic acids is 1. The van der Waals surface area contributed by atoms with Gasteiger partial charge in [0.1, 0.15) is 0 Å². The van der Waals surface area contributed by atoms with Crippen molar-refractivity contribution in [3.8, 4) is 0 Å². The van der Waals surface area contributed by atoms with Crippen molar-refractivity contribution in [2.75, 3.05) is 7.05 Å². The van der Waals surface area contributed by atoms with Gasteiger partial charge in [0.05, 0.1) is 11.5 Å². The van der Waals surface area contributed by atoms with Crippen LogP contribution in [0.3, 0.4) is 0 Å². The molecule has 1 aromatic carbocycles. The van der Waals surface area contributed by atoms with Crippen molar-refractivity contribution < 1.29 is 27.9 Å². The van der Waals surface area contributed by atoms with E-state index in [4.69, 9.17) is 5.11 Å². The number of carbonyl (C=O) groups is 2. The van der Waals surface area contributed by atoms with Crippen molar-refractivity contribution >= 4 is 11.9 Å². The molecule has 0 saturated heterocycles. The highest BCUT2D eigenvalue weighted by atomic mass is 19.4. The summed E-state index contributed by atoms with van der Waals surface area (Å²) in [5, 5.41) is 8.86. The molecule has 0 aliphatic heterocycles. The molecule has 1 amide bonds. The van der Waals surface area contributed by atoms with Crippen molar-refractivity contribution in [3.63, 3.8) is 0 Å².